The van der Waals surface area contributed by atoms with Crippen molar-refractivity contribution in [1.29, 1.82) is 0 Å². The van der Waals surface area contributed by atoms with Crippen molar-refractivity contribution in [3.05, 3.63) is 29.8 Å². The van der Waals surface area contributed by atoms with E-state index >= 15 is 0 Å². The Morgan fingerprint density at radius 1 is 0.895 bits per heavy atom. The second-order valence-electron chi connectivity index (χ2n) is 6.58. The molecule has 104 valence electrons. The van der Waals surface area contributed by atoms with Gasteiger partial charge in [0.1, 0.15) is 0 Å². The molecule has 0 bridgehead atoms. The molecule has 0 amide bonds. The van der Waals surface area contributed by atoms with Crippen LogP contribution in [0.25, 0.3) is 0 Å². The molecule has 1 aliphatic carbocycles. The average Bonchev–Trinajstić information content (AvgIpc) is 2.49. The van der Waals surface area contributed by atoms with Crippen LogP contribution in [0.1, 0.15) is 50.5 Å². The van der Waals surface area contributed by atoms with Gasteiger partial charge in [-0.15, -0.1) is 0 Å². The number of para-hydroxylation sites is 1. The van der Waals surface area contributed by atoms with E-state index in [0.29, 0.717) is 0 Å². The first kappa shape index (κ1) is 13.0. The smallest absolute Gasteiger partial charge is 0.0396 e. The summed E-state index contributed by atoms with van der Waals surface area (Å²) in [5.74, 6) is 1.83. The Balaban J connectivity index is 1.84. The second kappa shape index (κ2) is 5.98. The lowest BCUT2D eigenvalue weighted by Crippen LogP contribution is -2.28. The Kier molecular flexibility index (Phi) is 4.10. The Morgan fingerprint density at radius 3 is 2.42 bits per heavy atom. The highest BCUT2D eigenvalue weighted by Gasteiger charge is 2.28. The zero-order valence-corrected chi connectivity index (χ0v) is 12.3. The highest BCUT2D eigenvalue weighted by molar-refractivity contribution is 5.54. The van der Waals surface area contributed by atoms with E-state index in [2.05, 4.69) is 36.2 Å². The van der Waals surface area contributed by atoms with Crippen molar-refractivity contribution in [3.63, 3.8) is 0 Å². The van der Waals surface area contributed by atoms with E-state index in [1.807, 2.05) is 0 Å². The van der Waals surface area contributed by atoms with E-state index in [4.69, 9.17) is 0 Å². The molecule has 0 saturated heterocycles. The van der Waals surface area contributed by atoms with Crippen molar-refractivity contribution in [3.8, 4) is 0 Å². The fraction of sp³-hybridized carbons (Fsp3) is 0.667. The van der Waals surface area contributed by atoms with Crippen LogP contribution in [0.4, 0.5) is 5.69 Å². The molecule has 2 atom stereocenters. The Hall–Kier alpha value is -0.980. The molecule has 2 unspecified atom stereocenters. The Labute approximate surface area is 118 Å². The SMILES string of the molecule is CN1CC2CCCCCCCC2Cc2ccccc21. The summed E-state index contributed by atoms with van der Waals surface area (Å²) in [4.78, 5) is 2.51. The molecule has 1 heterocycles. The third kappa shape index (κ3) is 2.96. The largest absolute Gasteiger partial charge is 0.374 e. The molecule has 0 radical (unpaired) electrons. The summed E-state index contributed by atoms with van der Waals surface area (Å²) in [7, 11) is 2.29. The first-order chi connectivity index (χ1) is 9.34. The van der Waals surface area contributed by atoms with Gasteiger partial charge in [-0.3, -0.25) is 0 Å². The molecule has 1 saturated carbocycles. The molecule has 19 heavy (non-hydrogen) atoms. The molecule has 2 aliphatic rings. The Bertz CT molecular complexity index is 412. The van der Waals surface area contributed by atoms with Gasteiger partial charge in [0.15, 0.2) is 0 Å². The standard InChI is InChI=1S/C18H27N/c1-19-14-17-11-6-4-2-3-5-9-15(17)13-16-10-7-8-12-18(16)19/h7-8,10,12,15,17H,2-6,9,11,13-14H2,1H3. The van der Waals surface area contributed by atoms with E-state index in [0.717, 1.165) is 11.8 Å². The van der Waals surface area contributed by atoms with Crippen molar-refractivity contribution in [1.82, 2.24) is 0 Å². The molecule has 1 aromatic rings. The third-order valence-corrected chi connectivity index (χ3v) is 5.21. The summed E-state index contributed by atoms with van der Waals surface area (Å²) in [6, 6.07) is 9.05. The maximum absolute atomic E-state index is 2.51. The number of rotatable bonds is 0. The lowest BCUT2D eigenvalue weighted by atomic mass is 9.82. The van der Waals surface area contributed by atoms with Gasteiger partial charge in [-0.1, -0.05) is 50.3 Å². The fourth-order valence-corrected chi connectivity index (χ4v) is 4.11. The lowest BCUT2D eigenvalue weighted by Gasteiger charge is -2.27. The first-order valence-corrected chi connectivity index (χ1v) is 8.13. The zero-order valence-electron chi connectivity index (χ0n) is 12.3. The zero-order chi connectivity index (χ0) is 13.1. The highest BCUT2D eigenvalue weighted by Crippen LogP contribution is 2.36. The summed E-state index contributed by atoms with van der Waals surface area (Å²) >= 11 is 0. The molecule has 1 heteroatoms. The van der Waals surface area contributed by atoms with Gasteiger partial charge < -0.3 is 4.90 Å². The van der Waals surface area contributed by atoms with Crippen LogP contribution in [0.3, 0.4) is 0 Å². The minimum absolute atomic E-state index is 0.912. The van der Waals surface area contributed by atoms with Crippen molar-refractivity contribution in [2.45, 2.75) is 51.4 Å². The first-order valence-electron chi connectivity index (χ1n) is 8.13. The van der Waals surface area contributed by atoms with Crippen LogP contribution in [0, 0.1) is 11.8 Å². The van der Waals surface area contributed by atoms with Crippen molar-refractivity contribution < 1.29 is 0 Å². The number of hydrogen-bond donors (Lipinski definition) is 0. The number of nitrogens with zero attached hydrogens (tertiary/aromatic N) is 1. The van der Waals surface area contributed by atoms with Gasteiger partial charge in [-0.25, -0.2) is 0 Å². The maximum atomic E-state index is 2.51. The summed E-state index contributed by atoms with van der Waals surface area (Å²) in [5, 5.41) is 0. The molecule has 0 aromatic heterocycles. The quantitative estimate of drug-likeness (QED) is 0.653. The predicted molar refractivity (Wildman–Crippen MR) is 82.7 cm³/mol. The minimum atomic E-state index is 0.912. The van der Waals surface area contributed by atoms with Gasteiger partial charge in [-0.05, 0) is 42.7 Å². The van der Waals surface area contributed by atoms with Gasteiger partial charge in [-0.2, -0.15) is 0 Å². The van der Waals surface area contributed by atoms with Crippen LogP contribution < -0.4 is 4.90 Å². The summed E-state index contributed by atoms with van der Waals surface area (Å²) in [6.45, 7) is 1.27. The van der Waals surface area contributed by atoms with Crippen molar-refractivity contribution >= 4 is 5.69 Å². The average molecular weight is 257 g/mol. The lowest BCUT2D eigenvalue weighted by molar-refractivity contribution is 0.299. The van der Waals surface area contributed by atoms with Gasteiger partial charge in [0.25, 0.3) is 0 Å². The van der Waals surface area contributed by atoms with Crippen LogP contribution >= 0.6 is 0 Å². The van der Waals surface area contributed by atoms with Crippen molar-refractivity contribution in [2.24, 2.45) is 11.8 Å². The molecular formula is C18H27N. The van der Waals surface area contributed by atoms with E-state index < -0.39 is 0 Å². The summed E-state index contributed by atoms with van der Waals surface area (Å²) in [5.41, 5.74) is 3.06. The van der Waals surface area contributed by atoms with Crippen LogP contribution in [0.5, 0.6) is 0 Å². The second-order valence-corrected chi connectivity index (χ2v) is 6.58. The van der Waals surface area contributed by atoms with Gasteiger partial charge in [0.2, 0.25) is 0 Å². The van der Waals surface area contributed by atoms with E-state index in [-0.39, 0.29) is 0 Å². The van der Waals surface area contributed by atoms with Crippen LogP contribution in [0.2, 0.25) is 0 Å². The van der Waals surface area contributed by atoms with Gasteiger partial charge in [0, 0.05) is 19.3 Å². The summed E-state index contributed by atoms with van der Waals surface area (Å²) in [6.07, 6.45) is 11.5. The maximum Gasteiger partial charge on any atom is 0.0396 e. The summed E-state index contributed by atoms with van der Waals surface area (Å²) < 4.78 is 0. The van der Waals surface area contributed by atoms with Crippen molar-refractivity contribution in [2.75, 3.05) is 18.5 Å². The molecule has 0 spiro atoms. The third-order valence-electron chi connectivity index (χ3n) is 5.21. The number of fused-ring (bicyclic) bond motifs is 2. The normalized spacial score (nSPS) is 28.4. The van der Waals surface area contributed by atoms with E-state index in [9.17, 15) is 0 Å². The highest BCUT2D eigenvalue weighted by atomic mass is 15.1. The fourth-order valence-electron chi connectivity index (χ4n) is 4.11. The van der Waals surface area contributed by atoms with Crippen LogP contribution in [-0.4, -0.2) is 13.6 Å². The molecule has 1 fully saturated rings. The topological polar surface area (TPSA) is 3.24 Å². The molecule has 0 N–H and O–H groups in total. The van der Waals surface area contributed by atoms with E-state index in [1.165, 1.54) is 63.6 Å². The van der Waals surface area contributed by atoms with Crippen LogP contribution in [-0.2, 0) is 6.42 Å². The van der Waals surface area contributed by atoms with Gasteiger partial charge >= 0.3 is 0 Å². The van der Waals surface area contributed by atoms with E-state index in [1.54, 1.807) is 5.56 Å². The minimum Gasteiger partial charge on any atom is -0.374 e. The van der Waals surface area contributed by atoms with Crippen LogP contribution in [0.15, 0.2) is 24.3 Å². The Morgan fingerprint density at radius 2 is 1.58 bits per heavy atom. The predicted octanol–water partition coefficient (Wildman–Crippen LogP) is 4.66. The monoisotopic (exact) mass is 257 g/mol. The number of anilines is 1. The molecule has 3 rings (SSSR count). The molecular weight excluding hydrogens is 230 g/mol. The molecule has 1 aliphatic heterocycles. The number of benzene rings is 1. The molecule has 1 aromatic carbocycles. The number of hydrogen-bond acceptors (Lipinski definition) is 1. The molecule has 1 nitrogen and oxygen atoms in total. The van der Waals surface area contributed by atoms with Gasteiger partial charge in [0.05, 0.1) is 0 Å².